The Kier molecular flexibility index (Phi) is 4.76. The Labute approximate surface area is 108 Å². The zero-order valence-electron chi connectivity index (χ0n) is 11.4. The van der Waals surface area contributed by atoms with Gasteiger partial charge in [-0.2, -0.15) is 0 Å². The normalized spacial score (nSPS) is 22.7. The molecule has 0 heterocycles. The van der Waals surface area contributed by atoms with Gasteiger partial charge in [-0.05, 0) is 20.8 Å². The van der Waals surface area contributed by atoms with Crippen LogP contribution in [0.3, 0.4) is 0 Å². The van der Waals surface area contributed by atoms with Crippen molar-refractivity contribution in [1.29, 1.82) is 0 Å². The van der Waals surface area contributed by atoms with Crippen LogP contribution in [0.25, 0.3) is 0 Å². The van der Waals surface area contributed by atoms with E-state index in [1.165, 1.54) is 0 Å². The first-order valence-corrected chi connectivity index (χ1v) is 6.17. The summed E-state index contributed by atoms with van der Waals surface area (Å²) in [5.74, 6) is -0.264. The molecule has 0 spiro atoms. The van der Waals surface area contributed by atoms with Crippen LogP contribution in [-0.4, -0.2) is 29.8 Å². The molecular formula is C13H21NO4. The van der Waals surface area contributed by atoms with Crippen LogP contribution in [0.15, 0.2) is 12.2 Å². The SMILES string of the molecule is CCC(=O)OC1CC=C[C@@H]1NC(=O)OC(C)(C)C. The van der Waals surface area contributed by atoms with Gasteiger partial charge in [0.05, 0.1) is 6.04 Å². The molecule has 18 heavy (non-hydrogen) atoms. The maximum absolute atomic E-state index is 11.6. The quantitative estimate of drug-likeness (QED) is 0.620. The summed E-state index contributed by atoms with van der Waals surface area (Å²) in [7, 11) is 0. The molecule has 0 saturated heterocycles. The minimum atomic E-state index is -0.540. The maximum atomic E-state index is 11.6. The number of carbonyl (C=O) groups excluding carboxylic acids is 2. The van der Waals surface area contributed by atoms with Crippen molar-refractivity contribution in [3.05, 3.63) is 12.2 Å². The molecular weight excluding hydrogens is 234 g/mol. The average Bonchev–Trinajstić information content (AvgIpc) is 2.62. The molecule has 0 fully saturated rings. The first kappa shape index (κ1) is 14.5. The average molecular weight is 255 g/mol. The number of ether oxygens (including phenoxy) is 2. The maximum Gasteiger partial charge on any atom is 0.408 e. The van der Waals surface area contributed by atoms with Crippen molar-refractivity contribution in [1.82, 2.24) is 5.32 Å². The fraction of sp³-hybridized carbons (Fsp3) is 0.692. The van der Waals surface area contributed by atoms with Crippen LogP contribution in [0.1, 0.15) is 40.5 Å². The Morgan fingerprint density at radius 2 is 2.06 bits per heavy atom. The van der Waals surface area contributed by atoms with E-state index in [-0.39, 0.29) is 18.1 Å². The van der Waals surface area contributed by atoms with E-state index in [1.807, 2.05) is 12.2 Å². The van der Waals surface area contributed by atoms with Gasteiger partial charge in [0.25, 0.3) is 0 Å². The standard InChI is InChI=1S/C13H21NO4/c1-5-11(15)17-10-8-6-7-9(10)14-12(16)18-13(2,3)4/h6-7,9-10H,5,8H2,1-4H3,(H,14,16)/t9-,10?/m0/s1. The Morgan fingerprint density at radius 3 is 2.61 bits per heavy atom. The molecule has 102 valence electrons. The molecule has 0 aromatic rings. The summed E-state index contributed by atoms with van der Waals surface area (Å²) >= 11 is 0. The second-order valence-corrected chi connectivity index (χ2v) is 5.22. The topological polar surface area (TPSA) is 64.6 Å². The Balaban J connectivity index is 2.47. The molecule has 1 rings (SSSR count). The second-order valence-electron chi connectivity index (χ2n) is 5.22. The van der Waals surface area contributed by atoms with Gasteiger partial charge in [-0.3, -0.25) is 4.79 Å². The highest BCUT2D eigenvalue weighted by Gasteiger charge is 2.29. The van der Waals surface area contributed by atoms with E-state index in [9.17, 15) is 9.59 Å². The van der Waals surface area contributed by atoms with E-state index in [2.05, 4.69) is 5.32 Å². The summed E-state index contributed by atoms with van der Waals surface area (Å²) < 4.78 is 10.4. The molecule has 0 radical (unpaired) electrons. The van der Waals surface area contributed by atoms with Crippen LogP contribution in [0.2, 0.25) is 0 Å². The van der Waals surface area contributed by atoms with Crippen molar-refractivity contribution in [3.63, 3.8) is 0 Å². The van der Waals surface area contributed by atoms with Crippen LogP contribution in [-0.2, 0) is 14.3 Å². The van der Waals surface area contributed by atoms with E-state index in [0.29, 0.717) is 12.8 Å². The van der Waals surface area contributed by atoms with Crippen molar-refractivity contribution in [2.75, 3.05) is 0 Å². The lowest BCUT2D eigenvalue weighted by Gasteiger charge is -2.24. The predicted octanol–water partition coefficient (Wildman–Crippen LogP) is 2.16. The molecule has 1 amide bonds. The first-order valence-electron chi connectivity index (χ1n) is 6.17. The van der Waals surface area contributed by atoms with E-state index in [0.717, 1.165) is 0 Å². The Hall–Kier alpha value is -1.52. The lowest BCUT2D eigenvalue weighted by molar-refractivity contribution is -0.149. The molecule has 0 aliphatic heterocycles. The predicted molar refractivity (Wildman–Crippen MR) is 67.1 cm³/mol. The molecule has 1 aliphatic rings. The van der Waals surface area contributed by atoms with Crippen molar-refractivity contribution in [2.24, 2.45) is 0 Å². The summed E-state index contributed by atoms with van der Waals surface area (Å²) in [5, 5.41) is 2.69. The number of hydrogen-bond acceptors (Lipinski definition) is 4. The van der Waals surface area contributed by atoms with Gasteiger partial charge in [0.1, 0.15) is 11.7 Å². The molecule has 1 unspecified atom stereocenters. The molecule has 1 N–H and O–H groups in total. The molecule has 0 bridgehead atoms. The number of rotatable bonds is 3. The van der Waals surface area contributed by atoms with Crippen LogP contribution in [0.5, 0.6) is 0 Å². The van der Waals surface area contributed by atoms with E-state index in [4.69, 9.17) is 9.47 Å². The van der Waals surface area contributed by atoms with Gasteiger partial charge >= 0.3 is 12.1 Å². The third kappa shape index (κ3) is 4.77. The fourth-order valence-corrected chi connectivity index (χ4v) is 1.59. The highest BCUT2D eigenvalue weighted by atomic mass is 16.6. The molecule has 0 aromatic carbocycles. The van der Waals surface area contributed by atoms with Gasteiger partial charge in [-0.1, -0.05) is 19.1 Å². The Morgan fingerprint density at radius 1 is 1.39 bits per heavy atom. The number of nitrogens with one attached hydrogen (secondary N) is 1. The van der Waals surface area contributed by atoms with Gasteiger partial charge < -0.3 is 14.8 Å². The molecule has 5 nitrogen and oxygen atoms in total. The molecule has 0 aromatic heterocycles. The van der Waals surface area contributed by atoms with Crippen LogP contribution < -0.4 is 5.32 Å². The van der Waals surface area contributed by atoms with Crippen LogP contribution in [0, 0.1) is 0 Å². The van der Waals surface area contributed by atoms with Crippen molar-refractivity contribution in [3.8, 4) is 0 Å². The van der Waals surface area contributed by atoms with Gasteiger partial charge in [0.15, 0.2) is 0 Å². The van der Waals surface area contributed by atoms with E-state index >= 15 is 0 Å². The highest BCUT2D eigenvalue weighted by Crippen LogP contribution is 2.16. The molecule has 1 aliphatic carbocycles. The lowest BCUT2D eigenvalue weighted by Crippen LogP contribution is -2.44. The Bertz CT molecular complexity index is 343. The summed E-state index contributed by atoms with van der Waals surface area (Å²) in [4.78, 5) is 22.8. The van der Waals surface area contributed by atoms with E-state index in [1.54, 1.807) is 27.7 Å². The van der Waals surface area contributed by atoms with Crippen molar-refractivity contribution >= 4 is 12.1 Å². The number of hydrogen-bond donors (Lipinski definition) is 1. The van der Waals surface area contributed by atoms with Crippen molar-refractivity contribution in [2.45, 2.75) is 58.3 Å². The lowest BCUT2D eigenvalue weighted by atomic mass is 10.2. The van der Waals surface area contributed by atoms with Gasteiger partial charge in [-0.25, -0.2) is 4.79 Å². The molecule has 5 heteroatoms. The van der Waals surface area contributed by atoms with E-state index < -0.39 is 11.7 Å². The largest absolute Gasteiger partial charge is 0.459 e. The third-order valence-electron chi connectivity index (χ3n) is 2.37. The minimum Gasteiger partial charge on any atom is -0.459 e. The minimum absolute atomic E-state index is 0.264. The zero-order valence-corrected chi connectivity index (χ0v) is 11.4. The zero-order chi connectivity index (χ0) is 13.8. The summed E-state index contributed by atoms with van der Waals surface area (Å²) in [6.07, 6.45) is 3.82. The molecule has 0 saturated carbocycles. The van der Waals surface area contributed by atoms with Crippen molar-refractivity contribution < 1.29 is 19.1 Å². The third-order valence-corrected chi connectivity index (χ3v) is 2.37. The van der Waals surface area contributed by atoms with Gasteiger partial charge in [0.2, 0.25) is 0 Å². The van der Waals surface area contributed by atoms with Gasteiger partial charge in [0, 0.05) is 12.8 Å². The second kappa shape index (κ2) is 5.89. The first-order chi connectivity index (χ1) is 8.31. The summed E-state index contributed by atoms with van der Waals surface area (Å²) in [6, 6.07) is -0.310. The smallest absolute Gasteiger partial charge is 0.408 e. The summed E-state index contributed by atoms with van der Waals surface area (Å²) in [6.45, 7) is 7.13. The van der Waals surface area contributed by atoms with Gasteiger partial charge in [-0.15, -0.1) is 0 Å². The van der Waals surface area contributed by atoms with Crippen LogP contribution in [0.4, 0.5) is 4.79 Å². The number of carbonyl (C=O) groups is 2. The number of alkyl carbamates (subject to hydrolysis) is 1. The highest BCUT2D eigenvalue weighted by molar-refractivity contribution is 5.70. The fourth-order valence-electron chi connectivity index (χ4n) is 1.59. The summed E-state index contributed by atoms with van der Waals surface area (Å²) in [5.41, 5.74) is -0.540. The van der Waals surface area contributed by atoms with Crippen LogP contribution >= 0.6 is 0 Å². The monoisotopic (exact) mass is 255 g/mol. The molecule has 2 atom stereocenters. The number of esters is 1. The number of amides is 1.